The van der Waals surface area contributed by atoms with Gasteiger partial charge in [-0.25, -0.2) is 4.98 Å². The molecule has 0 bridgehead atoms. The van der Waals surface area contributed by atoms with Gasteiger partial charge in [0.2, 0.25) is 0 Å². The van der Waals surface area contributed by atoms with E-state index in [0.717, 1.165) is 36.7 Å². The number of imidazole rings is 1. The van der Waals surface area contributed by atoms with E-state index >= 15 is 0 Å². The second-order valence-electron chi connectivity index (χ2n) is 6.53. The Hall–Kier alpha value is -2.57. The first-order chi connectivity index (χ1) is 12.8. The van der Waals surface area contributed by atoms with Crippen LogP contribution in [0.4, 0.5) is 0 Å². The summed E-state index contributed by atoms with van der Waals surface area (Å²) in [7, 11) is 2.00. The summed E-state index contributed by atoms with van der Waals surface area (Å²) in [6.07, 6.45) is 5.69. The highest BCUT2D eigenvalue weighted by atomic mass is 16.6. The fourth-order valence-electron chi connectivity index (χ4n) is 3.22. The molecule has 0 aliphatic carbocycles. The molecule has 0 amide bonds. The smallest absolute Gasteiger partial charge is 0.290 e. The quantitative estimate of drug-likeness (QED) is 0.730. The third-order valence-corrected chi connectivity index (χ3v) is 4.63. The Balaban J connectivity index is 1.31. The van der Waals surface area contributed by atoms with Crippen LogP contribution in [0.2, 0.25) is 0 Å². The first-order valence-electron chi connectivity index (χ1n) is 8.91. The van der Waals surface area contributed by atoms with E-state index in [0.29, 0.717) is 18.5 Å². The van der Waals surface area contributed by atoms with Gasteiger partial charge in [0.1, 0.15) is 17.6 Å². The summed E-state index contributed by atoms with van der Waals surface area (Å²) >= 11 is 0. The Labute approximate surface area is 152 Å². The lowest BCUT2D eigenvalue weighted by Gasteiger charge is -2.30. The van der Waals surface area contributed by atoms with E-state index < -0.39 is 0 Å². The van der Waals surface area contributed by atoms with Crippen molar-refractivity contribution >= 4 is 0 Å². The number of nitrogens with zero attached hydrogens (tertiary/aromatic N) is 2. The molecule has 1 fully saturated rings. The third-order valence-electron chi connectivity index (χ3n) is 4.63. The van der Waals surface area contributed by atoms with E-state index in [4.69, 9.17) is 13.9 Å². The van der Waals surface area contributed by atoms with Crippen LogP contribution in [-0.2, 0) is 18.3 Å². The van der Waals surface area contributed by atoms with Crippen LogP contribution in [0.5, 0.6) is 11.7 Å². The lowest BCUT2D eigenvalue weighted by molar-refractivity contribution is -0.00432. The number of rotatable bonds is 6. The maximum Gasteiger partial charge on any atom is 0.290 e. The molecule has 6 nitrogen and oxygen atoms in total. The fraction of sp³-hybridized carbons (Fsp3) is 0.350. The van der Waals surface area contributed by atoms with Gasteiger partial charge < -0.3 is 23.8 Å². The molecule has 0 radical (unpaired) electrons. The van der Waals surface area contributed by atoms with E-state index in [1.807, 2.05) is 66.6 Å². The van der Waals surface area contributed by atoms with Gasteiger partial charge in [-0.2, -0.15) is 0 Å². The second-order valence-corrected chi connectivity index (χ2v) is 6.53. The molecule has 3 heterocycles. The van der Waals surface area contributed by atoms with Gasteiger partial charge in [0, 0.05) is 25.8 Å². The molecule has 3 aromatic rings. The Kier molecular flexibility index (Phi) is 5.04. The first-order valence-corrected chi connectivity index (χ1v) is 8.91. The van der Waals surface area contributed by atoms with Gasteiger partial charge in [0.25, 0.3) is 5.95 Å². The normalized spacial score (nSPS) is 20.2. The van der Waals surface area contributed by atoms with Crippen LogP contribution in [0.25, 0.3) is 0 Å². The van der Waals surface area contributed by atoms with E-state index in [2.05, 4.69) is 10.3 Å². The van der Waals surface area contributed by atoms with E-state index in [1.54, 1.807) is 0 Å². The maximum atomic E-state index is 5.91. The van der Waals surface area contributed by atoms with Gasteiger partial charge >= 0.3 is 0 Å². The van der Waals surface area contributed by atoms with Crippen molar-refractivity contribution in [3.63, 3.8) is 0 Å². The summed E-state index contributed by atoms with van der Waals surface area (Å²) in [6.45, 7) is 1.41. The molecular weight excluding hydrogens is 330 g/mol. The minimum Gasteiger partial charge on any atom is -0.429 e. The summed E-state index contributed by atoms with van der Waals surface area (Å²) in [4.78, 5) is 4.19. The van der Waals surface area contributed by atoms with E-state index in [9.17, 15) is 0 Å². The largest absolute Gasteiger partial charge is 0.429 e. The van der Waals surface area contributed by atoms with E-state index in [-0.39, 0.29) is 6.10 Å². The molecule has 0 spiro atoms. The first kappa shape index (κ1) is 16.9. The molecule has 136 valence electrons. The van der Waals surface area contributed by atoms with Gasteiger partial charge in [0.05, 0.1) is 24.8 Å². The van der Waals surface area contributed by atoms with Gasteiger partial charge in [-0.1, -0.05) is 18.2 Å². The number of hydrogen-bond donors (Lipinski definition) is 1. The average molecular weight is 353 g/mol. The van der Waals surface area contributed by atoms with Crippen LogP contribution < -0.4 is 10.1 Å². The lowest BCUT2D eigenvalue weighted by atomic mass is 10.0. The SMILES string of the molecule is Cn1cncc1[C@H]1C[C@@H](NCc2ccc(Oc3ccccc3)o2)CCO1. The zero-order valence-electron chi connectivity index (χ0n) is 14.8. The van der Waals surface area contributed by atoms with Crippen molar-refractivity contribution in [3.8, 4) is 11.7 Å². The van der Waals surface area contributed by atoms with Gasteiger partial charge in [-0.15, -0.1) is 0 Å². The van der Waals surface area contributed by atoms with Crippen molar-refractivity contribution in [1.82, 2.24) is 14.9 Å². The standard InChI is InChI=1S/C20H23N3O3/c1-23-14-21-13-18(23)19-11-15(9-10-24-19)22-12-17-7-8-20(26-17)25-16-5-3-2-4-6-16/h2-8,13-15,19,22H,9-12H2,1H3/t15-,19+/m0/s1. The molecular formula is C20H23N3O3. The van der Waals surface area contributed by atoms with Gasteiger partial charge in [-0.3, -0.25) is 0 Å². The van der Waals surface area contributed by atoms with Crippen LogP contribution in [0.3, 0.4) is 0 Å². The number of aromatic nitrogens is 2. The topological polar surface area (TPSA) is 61.5 Å². The predicted molar refractivity (Wildman–Crippen MR) is 97.0 cm³/mol. The lowest BCUT2D eigenvalue weighted by Crippen LogP contribution is -2.36. The Morgan fingerprint density at radius 3 is 2.92 bits per heavy atom. The van der Waals surface area contributed by atoms with Crippen molar-refractivity contribution in [1.29, 1.82) is 0 Å². The highest BCUT2D eigenvalue weighted by molar-refractivity contribution is 5.26. The van der Waals surface area contributed by atoms with Crippen molar-refractivity contribution in [2.45, 2.75) is 31.5 Å². The van der Waals surface area contributed by atoms with E-state index in [1.165, 1.54) is 0 Å². The minimum atomic E-state index is 0.0855. The van der Waals surface area contributed by atoms with Gasteiger partial charge in [0.15, 0.2) is 0 Å². The third kappa shape index (κ3) is 3.98. The molecule has 1 N–H and O–H groups in total. The highest BCUT2D eigenvalue weighted by Gasteiger charge is 2.25. The summed E-state index contributed by atoms with van der Waals surface area (Å²) < 4.78 is 19.4. The summed E-state index contributed by atoms with van der Waals surface area (Å²) in [5.41, 5.74) is 1.12. The average Bonchev–Trinajstić information content (AvgIpc) is 3.30. The Morgan fingerprint density at radius 1 is 1.23 bits per heavy atom. The summed E-state index contributed by atoms with van der Waals surface area (Å²) in [5, 5.41) is 3.57. The molecule has 0 saturated carbocycles. The van der Waals surface area contributed by atoms with Crippen molar-refractivity contribution in [2.24, 2.45) is 7.05 Å². The zero-order valence-corrected chi connectivity index (χ0v) is 14.8. The molecule has 1 saturated heterocycles. The summed E-state index contributed by atoms with van der Waals surface area (Å²) in [6, 6.07) is 13.8. The molecule has 26 heavy (non-hydrogen) atoms. The molecule has 0 unspecified atom stereocenters. The van der Waals surface area contributed by atoms with Crippen molar-refractivity contribution in [3.05, 3.63) is 66.4 Å². The Bertz CT molecular complexity index is 828. The molecule has 2 atom stereocenters. The number of hydrogen-bond acceptors (Lipinski definition) is 5. The maximum absolute atomic E-state index is 5.91. The summed E-state index contributed by atoms with van der Waals surface area (Å²) in [5.74, 6) is 2.14. The predicted octanol–water partition coefficient (Wildman–Crippen LogP) is 3.82. The van der Waals surface area contributed by atoms with Crippen LogP contribution in [0.15, 0.2) is 59.4 Å². The Morgan fingerprint density at radius 2 is 2.12 bits per heavy atom. The molecule has 1 aliphatic rings. The number of nitrogens with one attached hydrogen (secondary N) is 1. The molecule has 2 aromatic heterocycles. The number of furan rings is 1. The van der Waals surface area contributed by atoms with Crippen LogP contribution in [0, 0.1) is 0 Å². The fourth-order valence-corrected chi connectivity index (χ4v) is 3.22. The molecule has 4 rings (SSSR count). The van der Waals surface area contributed by atoms with Crippen molar-refractivity contribution in [2.75, 3.05) is 6.61 Å². The van der Waals surface area contributed by atoms with Crippen LogP contribution >= 0.6 is 0 Å². The number of para-hydroxylation sites is 1. The minimum absolute atomic E-state index is 0.0855. The van der Waals surface area contributed by atoms with Crippen LogP contribution in [-0.4, -0.2) is 22.2 Å². The van der Waals surface area contributed by atoms with Crippen LogP contribution in [0.1, 0.15) is 30.4 Å². The molecule has 1 aliphatic heterocycles. The van der Waals surface area contributed by atoms with Gasteiger partial charge in [-0.05, 0) is 31.0 Å². The number of aryl methyl sites for hydroxylation is 1. The zero-order chi connectivity index (χ0) is 17.8. The monoisotopic (exact) mass is 353 g/mol. The second kappa shape index (κ2) is 7.76. The molecule has 6 heteroatoms. The molecule has 1 aromatic carbocycles. The number of benzene rings is 1. The number of ether oxygens (including phenoxy) is 2. The highest BCUT2D eigenvalue weighted by Crippen LogP contribution is 2.28. The van der Waals surface area contributed by atoms with Crippen molar-refractivity contribution < 1.29 is 13.9 Å².